The van der Waals surface area contributed by atoms with Crippen LogP contribution in [0.2, 0.25) is 0 Å². The van der Waals surface area contributed by atoms with Crippen LogP contribution in [0.1, 0.15) is 59.9 Å². The lowest BCUT2D eigenvalue weighted by Gasteiger charge is -2.07. The fourth-order valence-corrected chi connectivity index (χ4v) is 3.12. The molecule has 6 N–H and O–H groups in total. The molecule has 0 aliphatic heterocycles. The van der Waals surface area contributed by atoms with Gasteiger partial charge in [0.2, 0.25) is 0 Å². The van der Waals surface area contributed by atoms with Gasteiger partial charge >= 0.3 is 0 Å². The zero-order chi connectivity index (χ0) is 25.5. The predicted molar refractivity (Wildman–Crippen MR) is 139 cm³/mol. The molecule has 0 aliphatic carbocycles. The first-order valence-corrected chi connectivity index (χ1v) is 11.2. The standard InChI is InChI=1S/C26H30N6O3.2ClH/c1-15(2)29-23(27)17-5-9-19(10-6-17)31-25(33)21-13-14-22(35-21)26(34)32-20-11-7-18(8-12-20)24(28)30-16(3)4;;/h5-16H,1-4H3,(H2,27,29)(H2,28,30)(H,31,33)(H,32,34);2*1H/p-2. The maximum Gasteiger partial charge on any atom is 0.291 e. The number of nitrogens with zero attached hydrogens (tertiary/aromatic N) is 2. The summed E-state index contributed by atoms with van der Waals surface area (Å²) in [4.78, 5) is 33.7. The largest absolute Gasteiger partial charge is 1.00 e. The van der Waals surface area contributed by atoms with Crippen LogP contribution < -0.4 is 46.9 Å². The fourth-order valence-electron chi connectivity index (χ4n) is 3.12. The molecule has 2 aromatic carbocycles. The highest BCUT2D eigenvalue weighted by Gasteiger charge is 2.16. The minimum Gasteiger partial charge on any atom is -1.00 e. The number of amidine groups is 2. The van der Waals surface area contributed by atoms with E-state index in [1.54, 1.807) is 48.5 Å². The van der Waals surface area contributed by atoms with Gasteiger partial charge < -0.3 is 51.3 Å². The molecule has 0 atom stereocenters. The van der Waals surface area contributed by atoms with E-state index >= 15 is 0 Å². The number of furan rings is 1. The van der Waals surface area contributed by atoms with Gasteiger partial charge in [-0.2, -0.15) is 0 Å². The Bertz CT molecular complexity index is 1150. The highest BCUT2D eigenvalue weighted by molar-refractivity contribution is 6.06. The second kappa shape index (κ2) is 14.1. The molecule has 9 nitrogen and oxygen atoms in total. The number of carbonyl (C=O) groups is 2. The van der Waals surface area contributed by atoms with Crippen LogP contribution in [-0.4, -0.2) is 35.6 Å². The molecule has 0 fully saturated rings. The van der Waals surface area contributed by atoms with Crippen LogP contribution in [0.4, 0.5) is 11.4 Å². The van der Waals surface area contributed by atoms with Crippen molar-refractivity contribution in [2.45, 2.75) is 39.8 Å². The molecule has 2 amide bonds. The van der Waals surface area contributed by atoms with Crippen LogP contribution in [0.5, 0.6) is 0 Å². The summed E-state index contributed by atoms with van der Waals surface area (Å²) in [5, 5.41) is 5.46. The van der Waals surface area contributed by atoms with Gasteiger partial charge in [0.1, 0.15) is 11.7 Å². The molecule has 1 aromatic heterocycles. The number of hydrogen-bond acceptors (Lipinski definition) is 5. The molecule has 0 saturated carbocycles. The van der Waals surface area contributed by atoms with E-state index in [1.807, 2.05) is 27.7 Å². The van der Waals surface area contributed by atoms with Crippen LogP contribution >= 0.6 is 0 Å². The van der Waals surface area contributed by atoms with Crippen LogP contribution in [0.3, 0.4) is 0 Å². The van der Waals surface area contributed by atoms with Crippen molar-refractivity contribution >= 4 is 34.9 Å². The Kier molecular flexibility index (Phi) is 11.9. The SMILES string of the molecule is CC(C)N=C(N)c1ccc(NC(=O)c2ccc(C(=O)Nc3ccc(C(N)=NC(C)C)cc3)o2)cc1.[Cl-].[Cl-]. The van der Waals surface area contributed by atoms with Crippen molar-refractivity contribution in [2.75, 3.05) is 10.6 Å². The smallest absolute Gasteiger partial charge is 0.291 e. The molecular formula is C26H30Cl2N6O3-2. The number of aliphatic imine (C=N–C) groups is 2. The number of rotatable bonds is 8. The number of anilines is 2. The van der Waals surface area contributed by atoms with Crippen molar-refractivity contribution in [1.82, 2.24) is 0 Å². The normalized spacial score (nSPS) is 11.5. The quantitative estimate of drug-likeness (QED) is 0.191. The molecule has 0 spiro atoms. The Hall–Kier alpha value is -3.82. The van der Waals surface area contributed by atoms with Crippen LogP contribution in [-0.2, 0) is 0 Å². The third-order valence-corrected chi connectivity index (χ3v) is 4.73. The number of nitrogens with one attached hydrogen (secondary N) is 2. The molecule has 37 heavy (non-hydrogen) atoms. The van der Waals surface area contributed by atoms with Gasteiger partial charge in [-0.15, -0.1) is 0 Å². The van der Waals surface area contributed by atoms with Gasteiger partial charge in [0.25, 0.3) is 11.8 Å². The summed E-state index contributed by atoms with van der Waals surface area (Å²) in [6, 6.07) is 17.0. The number of carbonyl (C=O) groups excluding carboxylic acids is 2. The third kappa shape index (κ3) is 8.96. The number of hydrogen-bond donors (Lipinski definition) is 4. The Balaban J connectivity index is 0.00000342. The number of halogens is 2. The number of nitrogens with two attached hydrogens (primary N) is 2. The summed E-state index contributed by atoms with van der Waals surface area (Å²) >= 11 is 0. The highest BCUT2D eigenvalue weighted by Crippen LogP contribution is 2.16. The van der Waals surface area contributed by atoms with E-state index in [0.29, 0.717) is 23.0 Å². The lowest BCUT2D eigenvalue weighted by atomic mass is 10.2. The van der Waals surface area contributed by atoms with Gasteiger partial charge in [-0.25, -0.2) is 0 Å². The molecule has 0 radical (unpaired) electrons. The second-order valence-corrected chi connectivity index (χ2v) is 8.44. The number of benzene rings is 2. The van der Waals surface area contributed by atoms with Crippen molar-refractivity contribution < 1.29 is 38.8 Å². The van der Waals surface area contributed by atoms with Crippen LogP contribution in [0, 0.1) is 0 Å². The molecule has 0 aliphatic rings. The monoisotopic (exact) mass is 544 g/mol. The first-order valence-electron chi connectivity index (χ1n) is 11.2. The van der Waals surface area contributed by atoms with E-state index in [2.05, 4.69) is 20.6 Å². The van der Waals surface area contributed by atoms with E-state index in [4.69, 9.17) is 15.9 Å². The van der Waals surface area contributed by atoms with Gasteiger partial charge in [0.05, 0.1) is 0 Å². The first kappa shape index (κ1) is 31.2. The molecule has 0 bridgehead atoms. The molecule has 198 valence electrons. The molecule has 0 saturated heterocycles. The van der Waals surface area contributed by atoms with Crippen LogP contribution in [0.25, 0.3) is 0 Å². The van der Waals surface area contributed by atoms with Gasteiger partial charge in [0.15, 0.2) is 11.5 Å². The first-order chi connectivity index (χ1) is 16.6. The molecule has 1 heterocycles. The Morgan fingerprint density at radius 3 is 1.27 bits per heavy atom. The predicted octanol–water partition coefficient (Wildman–Crippen LogP) is -1.98. The lowest BCUT2D eigenvalue weighted by Crippen LogP contribution is -3.00. The Morgan fingerprint density at radius 1 is 0.649 bits per heavy atom. The van der Waals surface area contributed by atoms with Gasteiger partial charge in [-0.05, 0) is 88.4 Å². The minimum atomic E-state index is -0.482. The minimum absolute atomic E-state index is 0. The highest BCUT2D eigenvalue weighted by atomic mass is 35.5. The molecule has 0 unspecified atom stereocenters. The summed E-state index contributed by atoms with van der Waals surface area (Å²) in [7, 11) is 0. The maximum atomic E-state index is 12.5. The van der Waals surface area contributed by atoms with Crippen molar-refractivity contribution in [3.8, 4) is 0 Å². The van der Waals surface area contributed by atoms with Gasteiger partial charge in [-0.3, -0.25) is 19.6 Å². The van der Waals surface area contributed by atoms with Crippen molar-refractivity contribution in [3.63, 3.8) is 0 Å². The van der Waals surface area contributed by atoms with Gasteiger partial charge in [0, 0.05) is 34.6 Å². The average molecular weight is 545 g/mol. The lowest BCUT2D eigenvalue weighted by molar-refractivity contribution is -0.001000. The second-order valence-electron chi connectivity index (χ2n) is 8.44. The molecule has 11 heteroatoms. The molecule has 3 rings (SSSR count). The number of amides is 2. The summed E-state index contributed by atoms with van der Waals surface area (Å²) in [6.45, 7) is 7.76. The zero-order valence-corrected chi connectivity index (χ0v) is 22.5. The Labute approximate surface area is 228 Å². The summed E-state index contributed by atoms with van der Waals surface area (Å²) in [5.41, 5.74) is 14.6. The fraction of sp³-hybridized carbons (Fsp3) is 0.231. The van der Waals surface area contributed by atoms with E-state index < -0.39 is 11.8 Å². The van der Waals surface area contributed by atoms with E-state index in [9.17, 15) is 9.59 Å². The van der Waals surface area contributed by atoms with Crippen molar-refractivity contribution in [1.29, 1.82) is 0 Å². The van der Waals surface area contributed by atoms with Crippen molar-refractivity contribution in [2.24, 2.45) is 21.5 Å². The summed E-state index contributed by atoms with van der Waals surface area (Å²) < 4.78 is 5.46. The van der Waals surface area contributed by atoms with Crippen LogP contribution in [0.15, 0.2) is 75.1 Å². The topological polar surface area (TPSA) is 148 Å². The summed E-state index contributed by atoms with van der Waals surface area (Å²) in [5.74, 6) is -0.0845. The van der Waals surface area contributed by atoms with Gasteiger partial charge in [-0.1, -0.05) is 0 Å². The average Bonchev–Trinajstić information content (AvgIpc) is 3.30. The van der Waals surface area contributed by atoms with E-state index in [0.717, 1.165) is 11.1 Å². The Morgan fingerprint density at radius 2 is 0.973 bits per heavy atom. The summed E-state index contributed by atoms with van der Waals surface area (Å²) in [6.07, 6.45) is 0. The molecular weight excluding hydrogens is 515 g/mol. The third-order valence-electron chi connectivity index (χ3n) is 4.73. The van der Waals surface area contributed by atoms with Crippen molar-refractivity contribution in [3.05, 3.63) is 83.3 Å². The van der Waals surface area contributed by atoms with E-state index in [1.165, 1.54) is 12.1 Å². The molecule has 3 aromatic rings. The van der Waals surface area contributed by atoms with E-state index in [-0.39, 0.29) is 48.4 Å². The maximum absolute atomic E-state index is 12.5. The zero-order valence-electron chi connectivity index (χ0n) is 21.0.